The fraction of sp³-hybridized carbons (Fsp3) is 1.00. The van der Waals surface area contributed by atoms with Crippen LogP contribution in [-0.2, 0) is 20.2 Å². The van der Waals surface area contributed by atoms with E-state index in [2.05, 4.69) is 0 Å². The maximum Gasteiger partial charge on any atom is 2.00 e. The van der Waals surface area contributed by atoms with Gasteiger partial charge in [-0.1, -0.05) is 0 Å². The van der Waals surface area contributed by atoms with Crippen LogP contribution in [0.5, 0.6) is 0 Å². The number of aliphatic hydroxyl groups is 2. The Bertz CT molecular complexity index is 320. The third kappa shape index (κ3) is 3.25. The van der Waals surface area contributed by atoms with Crippen molar-refractivity contribution in [3.8, 4) is 0 Å². The largest absolute Gasteiger partial charge is 2.00 e. The van der Waals surface area contributed by atoms with Gasteiger partial charge in [-0.3, -0.25) is 0 Å². The molecule has 0 aliphatic carbocycles. The molecule has 13 heavy (non-hydrogen) atoms. The fourth-order valence-corrected chi connectivity index (χ4v) is 1.60. The monoisotopic (exact) mass is 260 g/mol. The minimum Gasteiger partial charge on any atom is -0.745 e. The fourth-order valence-electron chi connectivity index (χ4n) is 0.283. The van der Waals surface area contributed by atoms with Gasteiger partial charge < -0.3 is 19.3 Å². The minimum atomic E-state index is -5.82. The van der Waals surface area contributed by atoms with E-state index in [0.717, 1.165) is 0 Å². The molecule has 0 saturated heterocycles. The van der Waals surface area contributed by atoms with E-state index in [4.69, 9.17) is 10.2 Å². The molecule has 0 amide bonds. The molecule has 0 aliphatic heterocycles. The van der Waals surface area contributed by atoms with Gasteiger partial charge in [-0.2, -0.15) is 0 Å². The van der Waals surface area contributed by atoms with E-state index in [1.807, 2.05) is 0 Å². The normalized spacial score (nSPS) is 13.5. The summed E-state index contributed by atoms with van der Waals surface area (Å²) >= 11 is 0. The van der Waals surface area contributed by atoms with Gasteiger partial charge in [0.1, 0.15) is 20.2 Å². The smallest absolute Gasteiger partial charge is 0.745 e. The quantitative estimate of drug-likeness (QED) is 0.388. The van der Waals surface area contributed by atoms with E-state index in [0.29, 0.717) is 0 Å². The van der Waals surface area contributed by atoms with Gasteiger partial charge >= 0.3 is 37.7 Å². The maximum absolute atomic E-state index is 9.99. The number of hydrogen-bond acceptors (Lipinski definition) is 8. The summed E-state index contributed by atoms with van der Waals surface area (Å²) in [5, 5.41) is 16.5. The Morgan fingerprint density at radius 2 is 1.31 bits per heavy atom. The molecule has 0 aromatic heterocycles. The van der Waals surface area contributed by atoms with Gasteiger partial charge in [-0.25, -0.2) is 16.8 Å². The van der Waals surface area contributed by atoms with E-state index in [1.54, 1.807) is 0 Å². The summed E-state index contributed by atoms with van der Waals surface area (Å²) in [7, 11) is -11.6. The van der Waals surface area contributed by atoms with E-state index in [-0.39, 0.29) is 37.7 Å². The van der Waals surface area contributed by atoms with Crippen molar-refractivity contribution in [3.05, 3.63) is 0 Å². The molecular formula is C2H4CaO8S2. The molecule has 0 fully saturated rings. The predicted molar refractivity (Wildman–Crippen MR) is 37.2 cm³/mol. The van der Waals surface area contributed by atoms with Crippen molar-refractivity contribution in [2.45, 2.75) is 4.27 Å². The molecular weight excluding hydrogens is 256 g/mol. The first-order valence-electron chi connectivity index (χ1n) is 2.30. The van der Waals surface area contributed by atoms with E-state index >= 15 is 0 Å². The number of hydrogen-bond donors (Lipinski definition) is 2. The summed E-state index contributed by atoms with van der Waals surface area (Å²) in [5.74, 6) is 0. The first-order valence-corrected chi connectivity index (χ1v) is 5.12. The Morgan fingerprint density at radius 1 is 1.08 bits per heavy atom. The molecule has 11 heteroatoms. The van der Waals surface area contributed by atoms with Crippen molar-refractivity contribution in [1.82, 2.24) is 0 Å². The van der Waals surface area contributed by atoms with Crippen molar-refractivity contribution in [2.75, 3.05) is 6.61 Å². The zero-order valence-corrected chi connectivity index (χ0v) is 9.92. The van der Waals surface area contributed by atoms with Crippen LogP contribution in [0, 0.1) is 0 Å². The van der Waals surface area contributed by atoms with Crippen LogP contribution in [0.1, 0.15) is 0 Å². The molecule has 0 rings (SSSR count). The molecule has 0 bridgehead atoms. The summed E-state index contributed by atoms with van der Waals surface area (Å²) in [6.07, 6.45) is 0. The molecule has 74 valence electrons. The maximum atomic E-state index is 9.99. The van der Waals surface area contributed by atoms with Crippen molar-refractivity contribution in [2.24, 2.45) is 0 Å². The Balaban J connectivity index is 0. The van der Waals surface area contributed by atoms with Crippen molar-refractivity contribution in [1.29, 1.82) is 0 Å². The van der Waals surface area contributed by atoms with Crippen molar-refractivity contribution >= 4 is 58.0 Å². The van der Waals surface area contributed by atoms with Gasteiger partial charge in [0.2, 0.25) is 0 Å². The molecule has 0 saturated carbocycles. The SMILES string of the molecule is O=S(=O)([O-])C(O)(CO)S(=O)(=O)[O-].[Ca+2]. The molecule has 0 radical (unpaired) electrons. The zero-order valence-electron chi connectivity index (χ0n) is 6.07. The van der Waals surface area contributed by atoms with Crippen LogP contribution in [0.2, 0.25) is 0 Å². The second kappa shape index (κ2) is 4.68. The number of aliphatic hydroxyl groups excluding tert-OH is 1. The topological polar surface area (TPSA) is 155 Å². The second-order valence-electron chi connectivity index (χ2n) is 1.78. The first-order chi connectivity index (χ1) is 5.06. The van der Waals surface area contributed by atoms with Crippen LogP contribution in [0.15, 0.2) is 0 Å². The zero-order chi connectivity index (χ0) is 10.2. The van der Waals surface area contributed by atoms with E-state index in [1.165, 1.54) is 0 Å². The van der Waals surface area contributed by atoms with Gasteiger partial charge in [0.05, 0.1) is 6.61 Å². The van der Waals surface area contributed by atoms with Crippen LogP contribution in [0.4, 0.5) is 0 Å². The Kier molecular flexibility index (Phi) is 5.91. The van der Waals surface area contributed by atoms with Crippen molar-refractivity contribution in [3.63, 3.8) is 0 Å². The average molecular weight is 260 g/mol. The molecule has 0 aromatic rings. The summed E-state index contributed by atoms with van der Waals surface area (Å²) in [5.41, 5.74) is 0. The number of rotatable bonds is 3. The summed E-state index contributed by atoms with van der Waals surface area (Å²) in [6.45, 7) is -2.00. The standard InChI is InChI=1S/C2H6O8S2.Ca/c3-1-2(4,11(5,6)7)12(8,9)10;/h3-4H,1H2,(H,5,6,7)(H,8,9,10);/q;+2/p-2. The van der Waals surface area contributed by atoms with Gasteiger partial charge in [0.25, 0.3) is 4.27 Å². The molecule has 0 heterocycles. The average Bonchev–Trinajstić information content (AvgIpc) is 1.81. The predicted octanol–water partition coefficient (Wildman–Crippen LogP) is -3.67. The Hall–Kier alpha value is 1.000. The van der Waals surface area contributed by atoms with E-state index < -0.39 is 31.1 Å². The summed E-state index contributed by atoms with van der Waals surface area (Å²) < 4.78 is 55.7. The van der Waals surface area contributed by atoms with Crippen LogP contribution in [0.3, 0.4) is 0 Å². The van der Waals surface area contributed by atoms with Crippen LogP contribution < -0.4 is 0 Å². The summed E-state index contributed by atoms with van der Waals surface area (Å²) in [6, 6.07) is 0. The Morgan fingerprint density at radius 3 is 1.31 bits per heavy atom. The van der Waals surface area contributed by atoms with Crippen molar-refractivity contribution < 1.29 is 36.2 Å². The molecule has 2 N–H and O–H groups in total. The van der Waals surface area contributed by atoms with Gasteiger partial charge in [0, 0.05) is 0 Å². The molecule has 0 atom stereocenters. The van der Waals surface area contributed by atoms with Crippen LogP contribution in [-0.4, -0.2) is 84.8 Å². The summed E-state index contributed by atoms with van der Waals surface area (Å²) in [4.78, 5) is 0. The third-order valence-corrected chi connectivity index (χ3v) is 4.03. The molecule has 8 nitrogen and oxygen atoms in total. The van der Waals surface area contributed by atoms with Gasteiger partial charge in [-0.15, -0.1) is 0 Å². The van der Waals surface area contributed by atoms with Crippen LogP contribution >= 0.6 is 0 Å². The second-order valence-corrected chi connectivity index (χ2v) is 5.20. The minimum absolute atomic E-state index is 0. The molecule has 0 aromatic carbocycles. The molecule has 0 unspecified atom stereocenters. The Labute approximate surface area is 104 Å². The van der Waals surface area contributed by atoms with E-state index in [9.17, 15) is 25.9 Å². The van der Waals surface area contributed by atoms with Gasteiger partial charge in [0.15, 0.2) is 0 Å². The van der Waals surface area contributed by atoms with Gasteiger partial charge in [-0.05, 0) is 0 Å². The third-order valence-electron chi connectivity index (χ3n) is 0.981. The molecule has 0 aliphatic rings. The van der Waals surface area contributed by atoms with Crippen LogP contribution in [0.25, 0.3) is 0 Å². The molecule has 0 spiro atoms. The first kappa shape index (κ1) is 16.4.